The highest BCUT2D eigenvalue weighted by molar-refractivity contribution is 7.14. The molecule has 3 rings (SSSR count). The maximum atomic E-state index is 5.62. The number of thiophene rings is 1. The molecule has 1 N–H and O–H groups in total. The monoisotopic (exact) mass is 376 g/mol. The van der Waals surface area contributed by atoms with E-state index in [0.717, 1.165) is 57.4 Å². The van der Waals surface area contributed by atoms with Crippen molar-refractivity contribution >= 4 is 22.3 Å². The van der Waals surface area contributed by atoms with Crippen LogP contribution in [-0.4, -0.2) is 56.7 Å². The number of hydrogen-bond donors (Lipinski definition) is 1. The van der Waals surface area contributed by atoms with Crippen molar-refractivity contribution in [2.45, 2.75) is 20.0 Å². The van der Waals surface area contributed by atoms with Crippen molar-refractivity contribution in [2.75, 3.05) is 50.8 Å². The van der Waals surface area contributed by atoms with Gasteiger partial charge in [0.2, 0.25) is 0 Å². The lowest BCUT2D eigenvalue weighted by atomic mass is 10.3. The van der Waals surface area contributed by atoms with Crippen LogP contribution in [0.2, 0.25) is 0 Å². The Labute approximate surface area is 159 Å². The van der Waals surface area contributed by atoms with Gasteiger partial charge in [0, 0.05) is 45.9 Å². The summed E-state index contributed by atoms with van der Waals surface area (Å²) in [6.07, 6.45) is 2.58. The molecule has 1 aliphatic heterocycles. The lowest BCUT2D eigenvalue weighted by Gasteiger charge is -2.37. The first-order chi connectivity index (χ1) is 12.9. The molecule has 0 unspecified atom stereocenters. The molecule has 1 fully saturated rings. The first-order valence-electron chi connectivity index (χ1n) is 9.28. The first-order valence-corrected chi connectivity index (χ1v) is 10.2. The summed E-state index contributed by atoms with van der Waals surface area (Å²) in [5.74, 6) is 1.88. The van der Waals surface area contributed by atoms with E-state index < -0.39 is 0 Å². The van der Waals surface area contributed by atoms with Gasteiger partial charge < -0.3 is 24.3 Å². The fourth-order valence-corrected chi connectivity index (χ4v) is 3.72. The molecule has 1 saturated heterocycles. The van der Waals surface area contributed by atoms with Gasteiger partial charge in [0.05, 0.1) is 11.3 Å². The van der Waals surface area contributed by atoms with Crippen LogP contribution >= 0.6 is 11.3 Å². The van der Waals surface area contributed by atoms with Crippen LogP contribution in [0.3, 0.4) is 0 Å². The van der Waals surface area contributed by atoms with Gasteiger partial charge >= 0.3 is 0 Å². The van der Waals surface area contributed by atoms with Crippen molar-refractivity contribution in [1.29, 1.82) is 0 Å². The van der Waals surface area contributed by atoms with E-state index >= 15 is 0 Å². The minimum atomic E-state index is 0.529. The highest BCUT2D eigenvalue weighted by Gasteiger charge is 2.20. The summed E-state index contributed by atoms with van der Waals surface area (Å²) in [5, 5.41) is 6.92. The molecule has 3 heterocycles. The maximum absolute atomic E-state index is 5.62. The van der Waals surface area contributed by atoms with Gasteiger partial charge in [-0.2, -0.15) is 0 Å². The molecule has 0 saturated carbocycles. The van der Waals surface area contributed by atoms with Crippen molar-refractivity contribution in [1.82, 2.24) is 10.2 Å². The summed E-state index contributed by atoms with van der Waals surface area (Å²) < 4.78 is 10.9. The van der Waals surface area contributed by atoms with Crippen molar-refractivity contribution < 1.29 is 9.15 Å². The molecule has 0 radical (unpaired) electrons. The quantitative estimate of drug-likeness (QED) is 0.436. The van der Waals surface area contributed by atoms with E-state index in [9.17, 15) is 0 Å². The van der Waals surface area contributed by atoms with Crippen molar-refractivity contribution in [3.8, 4) is 0 Å². The Hall–Kier alpha value is -1.99. The van der Waals surface area contributed by atoms with Crippen LogP contribution in [0.25, 0.3) is 0 Å². The van der Waals surface area contributed by atoms with Gasteiger partial charge in [-0.25, -0.2) is 0 Å². The highest BCUT2D eigenvalue weighted by Crippen LogP contribution is 2.22. The molecule has 2 aromatic rings. The number of rotatable bonds is 8. The van der Waals surface area contributed by atoms with Crippen LogP contribution in [0.5, 0.6) is 0 Å². The van der Waals surface area contributed by atoms with Gasteiger partial charge in [0.15, 0.2) is 5.96 Å². The van der Waals surface area contributed by atoms with Crippen LogP contribution in [-0.2, 0) is 11.3 Å². The average Bonchev–Trinajstić information content (AvgIpc) is 3.38. The average molecular weight is 377 g/mol. The second-order valence-electron chi connectivity index (χ2n) is 6.15. The summed E-state index contributed by atoms with van der Waals surface area (Å²) in [7, 11) is 0. The molecule has 0 amide bonds. The number of ether oxygens (including phenoxy) is 1. The molecule has 0 aromatic carbocycles. The Kier molecular flexibility index (Phi) is 7.39. The molecule has 7 heteroatoms. The van der Waals surface area contributed by atoms with Crippen LogP contribution in [0.1, 0.15) is 19.1 Å². The third-order valence-electron chi connectivity index (χ3n) is 4.26. The number of hydrogen-bond acceptors (Lipinski definition) is 5. The molecule has 0 aliphatic carbocycles. The number of piperazine rings is 1. The molecule has 6 nitrogen and oxygen atoms in total. The normalized spacial score (nSPS) is 15.5. The Bertz CT molecular complexity index is 635. The molecular weight excluding hydrogens is 348 g/mol. The maximum Gasteiger partial charge on any atom is 0.194 e. The Morgan fingerprint density at radius 3 is 2.85 bits per heavy atom. The standard InChI is InChI=1S/C19H28N4O2S/c1-2-20-19(21-8-5-13-24-16-17-6-3-14-25-17)23-11-9-22(10-12-23)18-7-4-15-26-18/h3-4,6-7,14-15H,2,5,8-13,16H2,1H3,(H,20,21). The molecule has 1 aliphatic rings. The van der Waals surface area contributed by atoms with Crippen molar-refractivity contribution in [3.63, 3.8) is 0 Å². The predicted molar refractivity (Wildman–Crippen MR) is 107 cm³/mol. The lowest BCUT2D eigenvalue weighted by Crippen LogP contribution is -2.52. The number of furan rings is 1. The molecular formula is C19H28N4O2S. The van der Waals surface area contributed by atoms with Crippen LogP contribution in [0, 0.1) is 0 Å². The van der Waals surface area contributed by atoms with Crippen LogP contribution < -0.4 is 10.2 Å². The third kappa shape index (κ3) is 5.51. The molecule has 0 atom stereocenters. The third-order valence-corrected chi connectivity index (χ3v) is 5.19. The first kappa shape index (κ1) is 18.8. The summed E-state index contributed by atoms with van der Waals surface area (Å²) in [6, 6.07) is 8.12. The number of anilines is 1. The van der Waals surface area contributed by atoms with Crippen LogP contribution in [0.15, 0.2) is 45.3 Å². The second kappa shape index (κ2) is 10.2. The number of nitrogens with zero attached hydrogens (tertiary/aromatic N) is 3. The molecule has 142 valence electrons. The fraction of sp³-hybridized carbons (Fsp3) is 0.526. The Morgan fingerprint density at radius 2 is 2.15 bits per heavy atom. The van der Waals surface area contributed by atoms with Gasteiger partial charge in [0.1, 0.15) is 12.4 Å². The number of aliphatic imine (C=N–C) groups is 1. The molecule has 0 spiro atoms. The van der Waals surface area contributed by atoms with E-state index in [1.165, 1.54) is 5.00 Å². The Morgan fingerprint density at radius 1 is 1.27 bits per heavy atom. The molecule has 26 heavy (non-hydrogen) atoms. The van der Waals surface area contributed by atoms with Crippen LogP contribution in [0.4, 0.5) is 5.00 Å². The number of nitrogens with one attached hydrogen (secondary N) is 1. The SMILES string of the molecule is CCNC(=NCCCOCc1ccco1)N1CCN(c2cccs2)CC1. The van der Waals surface area contributed by atoms with Gasteiger partial charge in [-0.3, -0.25) is 4.99 Å². The van der Waals surface area contributed by atoms with E-state index in [1.807, 2.05) is 23.5 Å². The zero-order valence-electron chi connectivity index (χ0n) is 15.4. The van der Waals surface area contributed by atoms with Gasteiger partial charge in [0.25, 0.3) is 0 Å². The van der Waals surface area contributed by atoms with Crippen molar-refractivity contribution in [2.24, 2.45) is 4.99 Å². The minimum Gasteiger partial charge on any atom is -0.467 e. The predicted octanol–water partition coefficient (Wildman–Crippen LogP) is 3.04. The largest absolute Gasteiger partial charge is 0.467 e. The summed E-state index contributed by atoms with van der Waals surface area (Å²) in [4.78, 5) is 9.58. The Balaban J connectivity index is 1.39. The topological polar surface area (TPSA) is 53.2 Å². The zero-order chi connectivity index (χ0) is 18.0. The summed E-state index contributed by atoms with van der Waals surface area (Å²) in [6.45, 7) is 9.07. The van der Waals surface area contributed by atoms with E-state index in [2.05, 4.69) is 39.6 Å². The highest BCUT2D eigenvalue weighted by atomic mass is 32.1. The van der Waals surface area contributed by atoms with E-state index in [0.29, 0.717) is 13.2 Å². The summed E-state index contributed by atoms with van der Waals surface area (Å²) >= 11 is 1.81. The number of guanidine groups is 1. The smallest absolute Gasteiger partial charge is 0.194 e. The fourth-order valence-electron chi connectivity index (χ4n) is 2.93. The minimum absolute atomic E-state index is 0.529. The summed E-state index contributed by atoms with van der Waals surface area (Å²) in [5.41, 5.74) is 0. The van der Waals surface area contributed by atoms with Gasteiger partial charge in [-0.1, -0.05) is 0 Å². The van der Waals surface area contributed by atoms with Gasteiger partial charge in [-0.15, -0.1) is 11.3 Å². The molecule has 0 bridgehead atoms. The van der Waals surface area contributed by atoms with Gasteiger partial charge in [-0.05, 0) is 43.0 Å². The van der Waals surface area contributed by atoms with E-state index in [-0.39, 0.29) is 0 Å². The second-order valence-corrected chi connectivity index (χ2v) is 7.07. The lowest BCUT2D eigenvalue weighted by molar-refractivity contribution is 0.105. The van der Waals surface area contributed by atoms with E-state index in [4.69, 9.17) is 14.1 Å². The van der Waals surface area contributed by atoms with Crippen molar-refractivity contribution in [3.05, 3.63) is 41.7 Å². The zero-order valence-corrected chi connectivity index (χ0v) is 16.2. The van der Waals surface area contributed by atoms with E-state index in [1.54, 1.807) is 6.26 Å². The molecule has 2 aromatic heterocycles.